The summed E-state index contributed by atoms with van der Waals surface area (Å²) in [5.41, 5.74) is 2.56. The van der Waals surface area contributed by atoms with Gasteiger partial charge >= 0.3 is 0 Å². The number of hydrogen-bond acceptors (Lipinski definition) is 6. The third-order valence-corrected chi connectivity index (χ3v) is 7.09. The van der Waals surface area contributed by atoms with Crippen molar-refractivity contribution in [3.63, 3.8) is 0 Å². The first-order chi connectivity index (χ1) is 17.9. The molecule has 7 heteroatoms. The van der Waals surface area contributed by atoms with Gasteiger partial charge in [0.05, 0.1) is 31.4 Å². The van der Waals surface area contributed by atoms with E-state index in [4.69, 9.17) is 9.47 Å². The summed E-state index contributed by atoms with van der Waals surface area (Å²) in [6, 6.07) is 14.4. The molecular weight excluding hydrogens is 468 g/mol. The zero-order valence-corrected chi connectivity index (χ0v) is 22.1. The number of aliphatic hydroxyl groups is 1. The average molecular weight is 507 g/mol. The molecule has 2 saturated heterocycles. The normalized spacial score (nSPS) is 20.1. The van der Waals surface area contributed by atoms with Gasteiger partial charge in [0.1, 0.15) is 11.5 Å². The molecule has 0 spiro atoms. The third kappa shape index (κ3) is 6.22. The number of unbranched alkanes of at least 4 members (excludes halogenated alkanes) is 1. The Hall–Kier alpha value is -3.16. The van der Waals surface area contributed by atoms with E-state index in [2.05, 4.69) is 25.7 Å². The Balaban J connectivity index is 1.70. The van der Waals surface area contributed by atoms with Crippen LogP contribution >= 0.6 is 0 Å². The van der Waals surface area contributed by atoms with E-state index in [0.717, 1.165) is 31.5 Å². The molecule has 1 atom stereocenters. The maximum atomic E-state index is 13.4. The molecule has 4 rings (SSSR count). The summed E-state index contributed by atoms with van der Waals surface area (Å²) in [6.45, 7) is 10.9. The molecule has 0 aliphatic carbocycles. The molecule has 1 N–H and O–H groups in total. The largest absolute Gasteiger partial charge is 0.507 e. The zero-order chi connectivity index (χ0) is 26.4. The van der Waals surface area contributed by atoms with E-state index in [-0.39, 0.29) is 11.3 Å². The lowest BCUT2D eigenvalue weighted by Gasteiger charge is -2.31. The van der Waals surface area contributed by atoms with Crippen molar-refractivity contribution < 1.29 is 24.2 Å². The van der Waals surface area contributed by atoms with E-state index >= 15 is 0 Å². The van der Waals surface area contributed by atoms with Gasteiger partial charge in [0.15, 0.2) is 0 Å². The predicted octanol–water partition coefficient (Wildman–Crippen LogP) is 4.74. The molecule has 37 heavy (non-hydrogen) atoms. The number of benzene rings is 2. The number of amides is 1. The third-order valence-electron chi connectivity index (χ3n) is 7.09. The first-order valence-corrected chi connectivity index (χ1v) is 13.3. The number of morpholine rings is 1. The van der Waals surface area contributed by atoms with E-state index in [1.54, 1.807) is 23.1 Å². The molecule has 2 fully saturated rings. The minimum atomic E-state index is -0.660. The fourth-order valence-electron chi connectivity index (χ4n) is 4.82. The molecule has 2 aliphatic rings. The van der Waals surface area contributed by atoms with Gasteiger partial charge in [-0.1, -0.05) is 63.6 Å². The van der Waals surface area contributed by atoms with Gasteiger partial charge in [-0.25, -0.2) is 0 Å². The summed E-state index contributed by atoms with van der Waals surface area (Å²) in [6.07, 6.45) is 1.94. The Morgan fingerprint density at radius 2 is 1.81 bits per heavy atom. The summed E-state index contributed by atoms with van der Waals surface area (Å²) in [4.78, 5) is 30.5. The Morgan fingerprint density at radius 1 is 1.08 bits per heavy atom. The summed E-state index contributed by atoms with van der Waals surface area (Å²) < 4.78 is 11.3. The molecule has 0 bridgehead atoms. The van der Waals surface area contributed by atoms with Crippen LogP contribution in [-0.4, -0.2) is 72.6 Å². The monoisotopic (exact) mass is 506 g/mol. The van der Waals surface area contributed by atoms with Crippen molar-refractivity contribution in [1.29, 1.82) is 0 Å². The number of hydrogen-bond donors (Lipinski definition) is 1. The second-order valence-corrected chi connectivity index (χ2v) is 10.00. The molecule has 7 nitrogen and oxygen atoms in total. The number of rotatable bonds is 10. The van der Waals surface area contributed by atoms with Crippen LogP contribution in [0.2, 0.25) is 0 Å². The smallest absolute Gasteiger partial charge is 0.295 e. The molecule has 2 aromatic rings. The molecular formula is C30H38N2O5. The van der Waals surface area contributed by atoms with Gasteiger partial charge in [-0.05, 0) is 35.6 Å². The summed E-state index contributed by atoms with van der Waals surface area (Å²) in [5, 5.41) is 11.4. The Morgan fingerprint density at radius 3 is 2.49 bits per heavy atom. The lowest BCUT2D eigenvalue weighted by atomic mass is 9.93. The SMILES string of the molecule is CCCCOc1cccc(/C(O)=C2\C(=O)C(=O)N(CCN3CCOCC3)C2c2ccc(C(C)C)cc2)c1. The second-order valence-electron chi connectivity index (χ2n) is 10.00. The van der Waals surface area contributed by atoms with Crippen LogP contribution in [0.25, 0.3) is 5.76 Å². The van der Waals surface area contributed by atoms with Crippen LogP contribution in [0.15, 0.2) is 54.1 Å². The molecule has 0 aromatic heterocycles. The molecule has 0 saturated carbocycles. The van der Waals surface area contributed by atoms with Crippen molar-refractivity contribution >= 4 is 17.4 Å². The highest BCUT2D eigenvalue weighted by molar-refractivity contribution is 6.46. The highest BCUT2D eigenvalue weighted by Crippen LogP contribution is 2.40. The van der Waals surface area contributed by atoms with Crippen LogP contribution in [0.5, 0.6) is 5.75 Å². The fraction of sp³-hybridized carbons (Fsp3) is 0.467. The molecule has 198 valence electrons. The maximum absolute atomic E-state index is 13.4. The maximum Gasteiger partial charge on any atom is 0.295 e. The summed E-state index contributed by atoms with van der Waals surface area (Å²) >= 11 is 0. The molecule has 2 heterocycles. The standard InChI is InChI=1S/C30H38N2O5/c1-4-5-17-37-25-8-6-7-24(20-25)28(33)26-27(23-11-9-22(10-12-23)21(2)3)32(30(35)29(26)34)14-13-31-15-18-36-19-16-31/h6-12,20-21,27,33H,4-5,13-19H2,1-3H3/b28-26+. The van der Waals surface area contributed by atoms with Gasteiger partial charge in [-0.2, -0.15) is 0 Å². The van der Waals surface area contributed by atoms with Gasteiger partial charge in [-0.15, -0.1) is 0 Å². The molecule has 2 aromatic carbocycles. The van der Waals surface area contributed by atoms with E-state index < -0.39 is 17.7 Å². The number of carbonyl (C=O) groups is 2. The zero-order valence-electron chi connectivity index (χ0n) is 22.1. The number of ketones is 1. The number of ether oxygens (including phenoxy) is 2. The van der Waals surface area contributed by atoms with E-state index in [0.29, 0.717) is 50.1 Å². The number of aliphatic hydroxyl groups excluding tert-OH is 1. The van der Waals surface area contributed by atoms with Crippen LogP contribution in [0.3, 0.4) is 0 Å². The van der Waals surface area contributed by atoms with Crippen LogP contribution < -0.4 is 4.74 Å². The minimum absolute atomic E-state index is 0.120. The van der Waals surface area contributed by atoms with Gasteiger partial charge in [-0.3, -0.25) is 14.5 Å². The highest BCUT2D eigenvalue weighted by atomic mass is 16.5. The van der Waals surface area contributed by atoms with E-state index in [9.17, 15) is 14.7 Å². The summed E-state index contributed by atoms with van der Waals surface area (Å²) in [7, 11) is 0. The summed E-state index contributed by atoms with van der Waals surface area (Å²) in [5.74, 6) is -0.432. The van der Waals surface area contributed by atoms with Gasteiger partial charge < -0.3 is 19.5 Å². The van der Waals surface area contributed by atoms with E-state index in [1.165, 1.54) is 5.56 Å². The van der Waals surface area contributed by atoms with Crippen molar-refractivity contribution in [2.75, 3.05) is 46.0 Å². The predicted molar refractivity (Wildman–Crippen MR) is 144 cm³/mol. The number of Topliss-reactive ketones (excluding diaryl/α,β-unsaturated/α-hetero) is 1. The quantitative estimate of drug-likeness (QED) is 0.217. The van der Waals surface area contributed by atoms with Crippen molar-refractivity contribution in [3.05, 3.63) is 70.8 Å². The van der Waals surface area contributed by atoms with Crippen LogP contribution in [0.1, 0.15) is 62.3 Å². The van der Waals surface area contributed by atoms with Crippen LogP contribution in [0.4, 0.5) is 0 Å². The van der Waals surface area contributed by atoms with Gasteiger partial charge in [0, 0.05) is 31.7 Å². The molecule has 2 aliphatic heterocycles. The lowest BCUT2D eigenvalue weighted by molar-refractivity contribution is -0.140. The van der Waals surface area contributed by atoms with Gasteiger partial charge in [0.2, 0.25) is 0 Å². The fourth-order valence-corrected chi connectivity index (χ4v) is 4.82. The second kappa shape index (κ2) is 12.4. The Labute approximate surface area is 219 Å². The van der Waals surface area contributed by atoms with E-state index in [1.807, 2.05) is 30.3 Å². The number of carbonyl (C=O) groups excluding carboxylic acids is 2. The van der Waals surface area contributed by atoms with Crippen molar-refractivity contribution in [1.82, 2.24) is 9.80 Å². The minimum Gasteiger partial charge on any atom is -0.507 e. The van der Waals surface area contributed by atoms with Crippen LogP contribution in [-0.2, 0) is 14.3 Å². The Kier molecular flexibility index (Phi) is 9.00. The molecule has 0 radical (unpaired) electrons. The highest BCUT2D eigenvalue weighted by Gasteiger charge is 2.46. The molecule has 1 amide bonds. The van der Waals surface area contributed by atoms with Crippen LogP contribution in [0, 0.1) is 0 Å². The number of likely N-dealkylation sites (tertiary alicyclic amines) is 1. The van der Waals surface area contributed by atoms with Crippen molar-refractivity contribution in [3.8, 4) is 5.75 Å². The van der Waals surface area contributed by atoms with Crippen molar-refractivity contribution in [2.45, 2.75) is 45.6 Å². The average Bonchev–Trinajstić information content (AvgIpc) is 3.17. The number of nitrogens with zero attached hydrogens (tertiary/aromatic N) is 2. The lowest BCUT2D eigenvalue weighted by Crippen LogP contribution is -2.42. The topological polar surface area (TPSA) is 79.3 Å². The molecule has 1 unspecified atom stereocenters. The first-order valence-electron chi connectivity index (χ1n) is 13.3. The van der Waals surface area contributed by atoms with Gasteiger partial charge in [0.25, 0.3) is 11.7 Å². The van der Waals surface area contributed by atoms with Crippen molar-refractivity contribution in [2.24, 2.45) is 0 Å². The Bertz CT molecular complexity index is 1120. The first kappa shape index (κ1) is 26.9.